The van der Waals surface area contributed by atoms with Gasteiger partial charge < -0.3 is 10.1 Å². The fraction of sp³-hybridized carbons (Fsp3) is 0.588. The van der Waals surface area contributed by atoms with Crippen molar-refractivity contribution in [3.63, 3.8) is 0 Å². The highest BCUT2D eigenvalue weighted by molar-refractivity contribution is 6.30. The zero-order valence-electron chi connectivity index (χ0n) is 12.7. The minimum atomic E-state index is -0.610. The van der Waals surface area contributed by atoms with Gasteiger partial charge in [0.2, 0.25) is 0 Å². The van der Waals surface area contributed by atoms with Crippen molar-refractivity contribution in [2.24, 2.45) is 0 Å². The average molecular weight is 310 g/mol. The maximum atomic E-state index is 12.6. The van der Waals surface area contributed by atoms with E-state index in [1.165, 1.54) is 19.3 Å². The lowest BCUT2D eigenvalue weighted by atomic mass is 9.83. The lowest BCUT2D eigenvalue weighted by Gasteiger charge is -2.35. The topological polar surface area (TPSA) is 38.3 Å². The molecule has 1 fully saturated rings. The summed E-state index contributed by atoms with van der Waals surface area (Å²) >= 11 is 6.05. The van der Waals surface area contributed by atoms with E-state index < -0.39 is 5.54 Å². The number of ether oxygens (including phenoxy) is 1. The predicted octanol–water partition coefficient (Wildman–Crippen LogP) is 4.80. The van der Waals surface area contributed by atoms with Crippen molar-refractivity contribution in [1.29, 1.82) is 0 Å². The summed E-state index contributed by atoms with van der Waals surface area (Å²) in [5, 5.41) is 4.10. The second kappa shape index (κ2) is 7.69. The standard InChI is InChI=1S/C17H24ClNO2/c1-2-21-16(20)17(11-6-4-3-5-7-12-17)19-15-10-8-9-14(18)13-15/h8-10,13,19H,2-7,11-12H2,1H3. The van der Waals surface area contributed by atoms with Crippen LogP contribution >= 0.6 is 11.6 Å². The average Bonchev–Trinajstić information content (AvgIpc) is 2.42. The molecule has 0 amide bonds. The van der Waals surface area contributed by atoms with Crippen LogP contribution in [0.15, 0.2) is 24.3 Å². The molecular weight excluding hydrogens is 286 g/mol. The van der Waals surface area contributed by atoms with E-state index in [1.54, 1.807) is 0 Å². The molecule has 21 heavy (non-hydrogen) atoms. The summed E-state index contributed by atoms with van der Waals surface area (Å²) in [5.41, 5.74) is 0.275. The minimum Gasteiger partial charge on any atom is -0.464 e. The molecule has 1 aliphatic carbocycles. The van der Waals surface area contributed by atoms with Crippen LogP contribution < -0.4 is 5.32 Å². The molecule has 0 saturated heterocycles. The third kappa shape index (κ3) is 4.37. The predicted molar refractivity (Wildman–Crippen MR) is 86.8 cm³/mol. The first-order valence-electron chi connectivity index (χ1n) is 7.87. The van der Waals surface area contributed by atoms with E-state index in [2.05, 4.69) is 5.32 Å². The summed E-state index contributed by atoms with van der Waals surface area (Å²) in [6.07, 6.45) is 7.35. The molecule has 0 heterocycles. The second-order valence-electron chi connectivity index (χ2n) is 5.71. The van der Waals surface area contributed by atoms with Gasteiger partial charge in [0.1, 0.15) is 5.54 Å². The Hall–Kier alpha value is -1.22. The summed E-state index contributed by atoms with van der Waals surface area (Å²) in [4.78, 5) is 12.6. The second-order valence-corrected chi connectivity index (χ2v) is 6.14. The summed E-state index contributed by atoms with van der Waals surface area (Å²) in [5.74, 6) is -0.133. The number of anilines is 1. The summed E-state index contributed by atoms with van der Waals surface area (Å²) in [6.45, 7) is 2.27. The number of carbonyl (C=O) groups is 1. The van der Waals surface area contributed by atoms with Gasteiger partial charge in [-0.3, -0.25) is 0 Å². The highest BCUT2D eigenvalue weighted by atomic mass is 35.5. The van der Waals surface area contributed by atoms with Gasteiger partial charge >= 0.3 is 5.97 Å². The van der Waals surface area contributed by atoms with E-state index in [9.17, 15) is 4.79 Å². The van der Waals surface area contributed by atoms with Crippen LogP contribution in [-0.4, -0.2) is 18.1 Å². The molecule has 0 unspecified atom stereocenters. The van der Waals surface area contributed by atoms with Crippen LogP contribution in [0, 0.1) is 0 Å². The summed E-state index contributed by atoms with van der Waals surface area (Å²) in [7, 11) is 0. The minimum absolute atomic E-state index is 0.133. The number of hydrogen-bond acceptors (Lipinski definition) is 3. The van der Waals surface area contributed by atoms with Crippen molar-refractivity contribution < 1.29 is 9.53 Å². The van der Waals surface area contributed by atoms with E-state index in [4.69, 9.17) is 16.3 Å². The van der Waals surface area contributed by atoms with Gasteiger partial charge in [0.25, 0.3) is 0 Å². The Balaban J connectivity index is 2.23. The molecule has 0 radical (unpaired) electrons. The SMILES string of the molecule is CCOC(=O)C1(Nc2cccc(Cl)c2)CCCCCCC1. The monoisotopic (exact) mass is 309 g/mol. The molecule has 4 heteroatoms. The molecule has 0 aliphatic heterocycles. The van der Waals surface area contributed by atoms with Gasteiger partial charge in [-0.25, -0.2) is 4.79 Å². The quantitative estimate of drug-likeness (QED) is 0.812. The highest BCUT2D eigenvalue weighted by Gasteiger charge is 2.39. The Bertz CT molecular complexity index is 468. The lowest BCUT2D eigenvalue weighted by molar-refractivity contribution is -0.149. The van der Waals surface area contributed by atoms with Crippen LogP contribution in [0.1, 0.15) is 51.9 Å². The molecule has 1 aromatic rings. The van der Waals surface area contributed by atoms with Gasteiger partial charge in [0, 0.05) is 10.7 Å². The van der Waals surface area contributed by atoms with Gasteiger partial charge in [0.15, 0.2) is 0 Å². The first-order chi connectivity index (χ1) is 10.2. The molecule has 0 spiro atoms. The number of hydrogen-bond donors (Lipinski definition) is 1. The Morgan fingerprint density at radius 3 is 2.52 bits per heavy atom. The van der Waals surface area contributed by atoms with Gasteiger partial charge in [-0.15, -0.1) is 0 Å². The van der Waals surface area contributed by atoms with Crippen molar-refractivity contribution in [2.45, 2.75) is 57.4 Å². The van der Waals surface area contributed by atoms with Crippen LogP contribution in [-0.2, 0) is 9.53 Å². The molecule has 116 valence electrons. The third-order valence-electron chi connectivity index (χ3n) is 4.08. The highest BCUT2D eigenvalue weighted by Crippen LogP contribution is 2.32. The van der Waals surface area contributed by atoms with Crippen molar-refractivity contribution >= 4 is 23.3 Å². The van der Waals surface area contributed by atoms with Crippen molar-refractivity contribution in [3.8, 4) is 0 Å². The van der Waals surface area contributed by atoms with Gasteiger partial charge in [-0.05, 0) is 38.0 Å². The molecule has 0 atom stereocenters. The van der Waals surface area contributed by atoms with Crippen molar-refractivity contribution in [3.05, 3.63) is 29.3 Å². The zero-order chi connectivity index (χ0) is 15.1. The first-order valence-corrected chi connectivity index (χ1v) is 8.25. The van der Waals surface area contributed by atoms with Crippen LogP contribution in [0.2, 0.25) is 5.02 Å². The van der Waals surface area contributed by atoms with E-state index in [-0.39, 0.29) is 5.97 Å². The van der Waals surface area contributed by atoms with Crippen molar-refractivity contribution in [2.75, 3.05) is 11.9 Å². The first kappa shape index (κ1) is 16.2. The Kier molecular flexibility index (Phi) is 5.92. The van der Waals surface area contributed by atoms with Crippen LogP contribution in [0.3, 0.4) is 0 Å². The van der Waals surface area contributed by atoms with Crippen LogP contribution in [0.25, 0.3) is 0 Å². The number of nitrogens with one attached hydrogen (secondary N) is 1. The molecular formula is C17H24ClNO2. The molecule has 1 aromatic carbocycles. The Labute approximate surface area is 132 Å². The molecule has 0 bridgehead atoms. The molecule has 3 nitrogen and oxygen atoms in total. The van der Waals surface area contributed by atoms with E-state index in [0.717, 1.165) is 31.4 Å². The molecule has 1 aliphatic rings. The van der Waals surface area contributed by atoms with E-state index in [1.807, 2.05) is 31.2 Å². The van der Waals surface area contributed by atoms with Crippen LogP contribution in [0.4, 0.5) is 5.69 Å². The number of esters is 1. The fourth-order valence-electron chi connectivity index (χ4n) is 3.00. The third-order valence-corrected chi connectivity index (χ3v) is 4.32. The van der Waals surface area contributed by atoms with Crippen LogP contribution in [0.5, 0.6) is 0 Å². The summed E-state index contributed by atoms with van der Waals surface area (Å²) in [6, 6.07) is 7.54. The zero-order valence-corrected chi connectivity index (χ0v) is 13.4. The van der Waals surface area contributed by atoms with Crippen molar-refractivity contribution in [1.82, 2.24) is 0 Å². The molecule has 0 aromatic heterocycles. The smallest absolute Gasteiger partial charge is 0.331 e. The maximum Gasteiger partial charge on any atom is 0.331 e. The molecule has 2 rings (SSSR count). The van der Waals surface area contributed by atoms with Gasteiger partial charge in [-0.1, -0.05) is 49.8 Å². The maximum absolute atomic E-state index is 12.6. The van der Waals surface area contributed by atoms with Gasteiger partial charge in [-0.2, -0.15) is 0 Å². The number of benzene rings is 1. The number of halogens is 1. The number of rotatable bonds is 4. The Morgan fingerprint density at radius 1 is 1.24 bits per heavy atom. The summed E-state index contributed by atoms with van der Waals surface area (Å²) < 4.78 is 5.35. The lowest BCUT2D eigenvalue weighted by Crippen LogP contribution is -2.48. The fourth-order valence-corrected chi connectivity index (χ4v) is 3.19. The van der Waals surface area contributed by atoms with Gasteiger partial charge in [0.05, 0.1) is 6.61 Å². The Morgan fingerprint density at radius 2 is 1.90 bits per heavy atom. The molecule has 1 N–H and O–H groups in total. The number of carbonyl (C=O) groups excluding carboxylic acids is 1. The van der Waals surface area contributed by atoms with E-state index >= 15 is 0 Å². The molecule has 1 saturated carbocycles. The largest absolute Gasteiger partial charge is 0.464 e. The van der Waals surface area contributed by atoms with E-state index in [0.29, 0.717) is 11.6 Å². The normalized spacial score (nSPS) is 18.4.